The zero-order valence-electron chi connectivity index (χ0n) is 18.3. The van der Waals surface area contributed by atoms with Crippen molar-refractivity contribution < 1.29 is 54.5 Å². The van der Waals surface area contributed by atoms with Crippen molar-refractivity contribution in [1.29, 1.82) is 0 Å². The number of rotatable bonds is 4. The van der Waals surface area contributed by atoms with Gasteiger partial charge in [-0.15, -0.1) is 0 Å². The summed E-state index contributed by atoms with van der Waals surface area (Å²) in [7, 11) is 0. The lowest BCUT2D eigenvalue weighted by molar-refractivity contribution is -0.376. The Labute approximate surface area is 199 Å². The summed E-state index contributed by atoms with van der Waals surface area (Å²) < 4.78 is 110. The van der Waals surface area contributed by atoms with Crippen molar-refractivity contribution in [2.75, 3.05) is 26.2 Å². The van der Waals surface area contributed by atoms with Crippen molar-refractivity contribution in [2.24, 2.45) is 0 Å². The maximum Gasteiger partial charge on any atom is 0.490 e. The summed E-state index contributed by atoms with van der Waals surface area (Å²) in [4.78, 5) is 11.2. The highest BCUT2D eigenvalue weighted by Crippen LogP contribution is 2.50. The molecule has 200 valence electrons. The Balaban J connectivity index is 0.000000572. The zero-order chi connectivity index (χ0) is 27.4. The second kappa shape index (κ2) is 11.0. The van der Waals surface area contributed by atoms with Crippen LogP contribution in [0.25, 0.3) is 11.1 Å². The Bertz CT molecular complexity index is 982. The first-order valence-corrected chi connectivity index (χ1v) is 10.3. The molecule has 0 atom stereocenters. The van der Waals surface area contributed by atoms with E-state index < -0.39 is 35.7 Å². The first kappa shape index (κ1) is 29.4. The number of nitrogens with zero attached hydrogens (tertiary/aromatic N) is 1. The number of carboxylic acids is 1. The number of aliphatic carboxylic acids is 1. The van der Waals surface area contributed by atoms with E-state index in [4.69, 9.17) is 9.90 Å². The molecule has 0 unspecified atom stereocenters. The standard InChI is InChI=1S/C20H20F6N2O.C2HF3O2/c21-19(22,23)18(29,20(24,25)26)17-7-5-16(6-8-17)15-3-1-14(2-4-15)13-28-11-9-27-10-12-28;3-2(4,5)1(6)7/h1-8,27,29H,9-13H2;(H,6,7). The molecule has 0 bridgehead atoms. The lowest BCUT2D eigenvalue weighted by atomic mass is 9.90. The fourth-order valence-electron chi connectivity index (χ4n) is 3.32. The topological polar surface area (TPSA) is 72.8 Å². The molecule has 0 aromatic heterocycles. The van der Waals surface area contributed by atoms with Crippen LogP contribution in [0.15, 0.2) is 48.5 Å². The molecule has 3 rings (SSSR count). The molecule has 1 aliphatic heterocycles. The van der Waals surface area contributed by atoms with E-state index in [9.17, 15) is 44.6 Å². The Morgan fingerprint density at radius 1 is 0.778 bits per heavy atom. The van der Waals surface area contributed by atoms with E-state index >= 15 is 0 Å². The number of aliphatic hydroxyl groups is 1. The fourth-order valence-corrected chi connectivity index (χ4v) is 3.32. The number of alkyl halides is 9. The van der Waals surface area contributed by atoms with Gasteiger partial charge in [0.15, 0.2) is 0 Å². The van der Waals surface area contributed by atoms with Gasteiger partial charge in [0.1, 0.15) is 0 Å². The van der Waals surface area contributed by atoms with Gasteiger partial charge < -0.3 is 15.5 Å². The van der Waals surface area contributed by atoms with Crippen molar-refractivity contribution in [3.8, 4) is 11.1 Å². The lowest BCUT2D eigenvalue weighted by Crippen LogP contribution is -2.53. The molecule has 0 aliphatic carbocycles. The predicted octanol–water partition coefficient (Wildman–Crippen LogP) is 4.70. The highest BCUT2D eigenvalue weighted by Gasteiger charge is 2.71. The van der Waals surface area contributed by atoms with Crippen LogP contribution >= 0.6 is 0 Å². The van der Waals surface area contributed by atoms with Gasteiger partial charge in [-0.3, -0.25) is 4.90 Å². The summed E-state index contributed by atoms with van der Waals surface area (Å²) >= 11 is 0. The Hall–Kier alpha value is -2.84. The van der Waals surface area contributed by atoms with Crippen LogP contribution in [0.3, 0.4) is 0 Å². The number of nitrogens with one attached hydrogen (secondary N) is 1. The van der Waals surface area contributed by atoms with Gasteiger partial charge >= 0.3 is 24.5 Å². The summed E-state index contributed by atoms with van der Waals surface area (Å²) in [5, 5.41) is 19.8. The number of piperazine rings is 1. The SMILES string of the molecule is O=C(O)C(F)(F)F.OC(c1ccc(-c2ccc(CN3CCNCC3)cc2)cc1)(C(F)(F)F)C(F)(F)F. The van der Waals surface area contributed by atoms with Crippen molar-refractivity contribution in [1.82, 2.24) is 10.2 Å². The van der Waals surface area contributed by atoms with Gasteiger partial charge in [-0.05, 0) is 16.7 Å². The maximum absolute atomic E-state index is 13.0. The molecule has 0 amide bonds. The van der Waals surface area contributed by atoms with Crippen molar-refractivity contribution in [3.63, 3.8) is 0 Å². The Kier molecular flexibility index (Phi) is 9.02. The highest BCUT2D eigenvalue weighted by atomic mass is 19.4. The average Bonchev–Trinajstić information content (AvgIpc) is 2.78. The summed E-state index contributed by atoms with van der Waals surface area (Å²) in [6.45, 7) is 4.49. The monoisotopic (exact) mass is 532 g/mol. The number of halogens is 9. The molecule has 0 radical (unpaired) electrons. The minimum atomic E-state index is -5.89. The van der Waals surface area contributed by atoms with Crippen molar-refractivity contribution in [3.05, 3.63) is 59.7 Å². The van der Waals surface area contributed by atoms with Gasteiger partial charge in [-0.25, -0.2) is 4.79 Å². The van der Waals surface area contributed by atoms with Crippen LogP contribution in [0.5, 0.6) is 0 Å². The second-order valence-electron chi connectivity index (χ2n) is 7.81. The minimum absolute atomic E-state index is 0.453. The quantitative estimate of drug-likeness (QED) is 0.498. The van der Waals surface area contributed by atoms with Crippen LogP contribution in [0.1, 0.15) is 11.1 Å². The van der Waals surface area contributed by atoms with Crippen LogP contribution in [0.4, 0.5) is 39.5 Å². The number of hydrogen-bond donors (Lipinski definition) is 3. The highest BCUT2D eigenvalue weighted by molar-refractivity contribution is 5.73. The molecule has 2 aromatic carbocycles. The third-order valence-electron chi connectivity index (χ3n) is 5.27. The molecule has 1 aliphatic rings. The molecule has 3 N–H and O–H groups in total. The normalized spacial score (nSPS) is 15.7. The Morgan fingerprint density at radius 3 is 1.53 bits per heavy atom. The summed E-state index contributed by atoms with van der Waals surface area (Å²) in [5.41, 5.74) is -4.00. The van der Waals surface area contributed by atoms with E-state index in [-0.39, 0.29) is 0 Å². The van der Waals surface area contributed by atoms with Crippen LogP contribution in [-0.4, -0.2) is 65.8 Å². The van der Waals surface area contributed by atoms with Gasteiger partial charge in [0.05, 0.1) is 0 Å². The number of carbonyl (C=O) groups is 1. The van der Waals surface area contributed by atoms with E-state index in [2.05, 4.69) is 10.2 Å². The molecule has 1 heterocycles. The third kappa shape index (κ3) is 7.11. The summed E-state index contributed by atoms with van der Waals surface area (Å²) in [5.74, 6) is -2.76. The Morgan fingerprint density at radius 2 is 1.17 bits per heavy atom. The van der Waals surface area contributed by atoms with Crippen LogP contribution in [0.2, 0.25) is 0 Å². The van der Waals surface area contributed by atoms with Crippen LogP contribution in [0, 0.1) is 0 Å². The number of hydrogen-bond acceptors (Lipinski definition) is 4. The van der Waals surface area contributed by atoms with Gasteiger partial charge in [0.2, 0.25) is 0 Å². The van der Waals surface area contributed by atoms with E-state index in [1.165, 1.54) is 0 Å². The van der Waals surface area contributed by atoms with Gasteiger partial charge in [-0.2, -0.15) is 39.5 Å². The smallest absolute Gasteiger partial charge is 0.475 e. The molecular formula is C22H21F9N2O3. The fraction of sp³-hybridized carbons (Fsp3) is 0.409. The third-order valence-corrected chi connectivity index (χ3v) is 5.27. The van der Waals surface area contributed by atoms with Crippen LogP contribution in [-0.2, 0) is 16.9 Å². The second-order valence-corrected chi connectivity index (χ2v) is 7.81. The van der Waals surface area contributed by atoms with E-state index in [1.807, 2.05) is 12.1 Å². The van der Waals surface area contributed by atoms with E-state index in [1.54, 1.807) is 12.1 Å². The minimum Gasteiger partial charge on any atom is -0.475 e. The molecule has 0 saturated carbocycles. The summed E-state index contributed by atoms with van der Waals surface area (Å²) in [6, 6.07) is 10.9. The van der Waals surface area contributed by atoms with Crippen LogP contribution < -0.4 is 5.32 Å². The van der Waals surface area contributed by atoms with Gasteiger partial charge in [0.25, 0.3) is 5.60 Å². The molecule has 36 heavy (non-hydrogen) atoms. The number of benzene rings is 2. The average molecular weight is 532 g/mol. The largest absolute Gasteiger partial charge is 0.490 e. The lowest BCUT2D eigenvalue weighted by Gasteiger charge is -2.32. The van der Waals surface area contributed by atoms with E-state index in [0.29, 0.717) is 23.3 Å². The first-order valence-electron chi connectivity index (χ1n) is 10.3. The summed E-state index contributed by atoms with van der Waals surface area (Å²) in [6.07, 6.45) is -16.9. The maximum atomic E-state index is 13.0. The molecule has 0 spiro atoms. The first-order chi connectivity index (χ1) is 16.5. The number of carboxylic acid groups (broad SMARTS) is 1. The van der Waals surface area contributed by atoms with Gasteiger partial charge in [-0.1, -0.05) is 48.5 Å². The molecule has 5 nitrogen and oxygen atoms in total. The molecule has 1 saturated heterocycles. The zero-order valence-corrected chi connectivity index (χ0v) is 18.3. The van der Waals surface area contributed by atoms with Crippen molar-refractivity contribution in [2.45, 2.75) is 30.7 Å². The van der Waals surface area contributed by atoms with E-state index in [0.717, 1.165) is 50.4 Å². The molecular weight excluding hydrogens is 511 g/mol. The molecule has 14 heteroatoms. The molecule has 1 fully saturated rings. The van der Waals surface area contributed by atoms with Gasteiger partial charge in [0, 0.05) is 38.3 Å². The van der Waals surface area contributed by atoms with Crippen molar-refractivity contribution >= 4 is 5.97 Å². The predicted molar refractivity (Wildman–Crippen MR) is 110 cm³/mol. The molecule has 2 aromatic rings.